The summed E-state index contributed by atoms with van der Waals surface area (Å²) in [5.41, 5.74) is 7.01. The first kappa shape index (κ1) is 14.6. The maximum atomic E-state index is 11.6. The van der Waals surface area contributed by atoms with Gasteiger partial charge in [0.1, 0.15) is 0 Å². The number of nitrogens with two attached hydrogens (primary N) is 1. The van der Waals surface area contributed by atoms with Gasteiger partial charge < -0.3 is 15.4 Å². The van der Waals surface area contributed by atoms with Gasteiger partial charge in [-0.15, -0.1) is 0 Å². The smallest absolute Gasteiger partial charge is 0.356 e. The van der Waals surface area contributed by atoms with E-state index in [-0.39, 0.29) is 0 Å². The first-order chi connectivity index (χ1) is 9.67. The number of hydrogen-bond donors (Lipinski definition) is 1. The first-order valence-electron chi connectivity index (χ1n) is 7.28. The summed E-state index contributed by atoms with van der Waals surface area (Å²) in [5, 5.41) is 0. The van der Waals surface area contributed by atoms with E-state index in [2.05, 4.69) is 16.8 Å². The molecule has 2 N–H and O–H groups in total. The average molecular weight is 277 g/mol. The summed E-state index contributed by atoms with van der Waals surface area (Å²) in [6.45, 7) is 3.13. The van der Waals surface area contributed by atoms with Gasteiger partial charge in [0.15, 0.2) is 11.5 Å². The molecule has 1 aromatic rings. The molecule has 1 aromatic heterocycles. The van der Waals surface area contributed by atoms with Gasteiger partial charge in [0.05, 0.1) is 12.8 Å². The molecule has 2 heterocycles. The molecule has 1 aliphatic rings. The molecule has 1 aliphatic heterocycles. The molecule has 0 bridgehead atoms. The SMILES string of the molecule is CCC1CCCCCN1c1nc(C(=O)OC)ccc1N. The van der Waals surface area contributed by atoms with E-state index in [0.717, 1.165) is 31.6 Å². The van der Waals surface area contributed by atoms with Crippen molar-refractivity contribution in [2.75, 3.05) is 24.3 Å². The third-order valence-corrected chi connectivity index (χ3v) is 3.92. The number of nitrogens with zero attached hydrogens (tertiary/aromatic N) is 2. The molecule has 0 amide bonds. The number of carbonyl (C=O) groups excluding carboxylic acids is 1. The van der Waals surface area contributed by atoms with Crippen molar-refractivity contribution < 1.29 is 9.53 Å². The second kappa shape index (κ2) is 6.59. The Labute approximate surface area is 120 Å². The van der Waals surface area contributed by atoms with E-state index in [0.29, 0.717) is 17.4 Å². The Bertz CT molecular complexity index is 476. The number of hydrogen-bond acceptors (Lipinski definition) is 5. The fraction of sp³-hybridized carbons (Fsp3) is 0.600. The number of ether oxygens (including phenoxy) is 1. The van der Waals surface area contributed by atoms with Gasteiger partial charge in [-0.05, 0) is 31.4 Å². The van der Waals surface area contributed by atoms with Gasteiger partial charge in [-0.2, -0.15) is 0 Å². The predicted molar refractivity (Wildman–Crippen MR) is 79.9 cm³/mol. The zero-order valence-electron chi connectivity index (χ0n) is 12.3. The van der Waals surface area contributed by atoms with Crippen LogP contribution in [0.1, 0.15) is 49.5 Å². The van der Waals surface area contributed by atoms with Crippen LogP contribution in [0.2, 0.25) is 0 Å². The van der Waals surface area contributed by atoms with Crippen LogP contribution in [0.5, 0.6) is 0 Å². The molecular weight excluding hydrogens is 254 g/mol. The van der Waals surface area contributed by atoms with Crippen LogP contribution >= 0.6 is 0 Å². The Hall–Kier alpha value is -1.78. The van der Waals surface area contributed by atoms with Crippen LogP contribution < -0.4 is 10.6 Å². The fourth-order valence-electron chi connectivity index (χ4n) is 2.79. The molecule has 0 aromatic carbocycles. The monoisotopic (exact) mass is 277 g/mol. The summed E-state index contributed by atoms with van der Waals surface area (Å²) in [4.78, 5) is 18.3. The van der Waals surface area contributed by atoms with E-state index in [1.165, 1.54) is 20.0 Å². The van der Waals surface area contributed by atoms with E-state index in [4.69, 9.17) is 10.5 Å². The largest absolute Gasteiger partial charge is 0.464 e. The van der Waals surface area contributed by atoms with E-state index in [1.807, 2.05) is 0 Å². The van der Waals surface area contributed by atoms with Gasteiger partial charge in [0.25, 0.3) is 0 Å². The van der Waals surface area contributed by atoms with E-state index >= 15 is 0 Å². The summed E-state index contributed by atoms with van der Waals surface area (Å²) >= 11 is 0. The minimum Gasteiger partial charge on any atom is -0.464 e. The highest BCUT2D eigenvalue weighted by atomic mass is 16.5. The third kappa shape index (κ3) is 3.03. The maximum absolute atomic E-state index is 11.6. The number of carbonyl (C=O) groups is 1. The minimum absolute atomic E-state index is 0.316. The van der Waals surface area contributed by atoms with Crippen LogP contribution in [-0.4, -0.2) is 30.6 Å². The minimum atomic E-state index is -0.422. The highest BCUT2D eigenvalue weighted by Crippen LogP contribution is 2.29. The lowest BCUT2D eigenvalue weighted by atomic mass is 10.1. The summed E-state index contributed by atoms with van der Waals surface area (Å²) in [6.07, 6.45) is 5.83. The second-order valence-corrected chi connectivity index (χ2v) is 5.21. The molecular formula is C15H23N3O2. The van der Waals surface area contributed by atoms with Gasteiger partial charge in [0, 0.05) is 12.6 Å². The number of aromatic nitrogens is 1. The Kier molecular flexibility index (Phi) is 4.82. The van der Waals surface area contributed by atoms with Crippen LogP contribution in [0.25, 0.3) is 0 Å². The number of rotatable bonds is 3. The molecule has 1 atom stereocenters. The fourth-order valence-corrected chi connectivity index (χ4v) is 2.79. The van der Waals surface area contributed by atoms with Gasteiger partial charge >= 0.3 is 5.97 Å². The number of nitrogen functional groups attached to an aromatic ring is 1. The first-order valence-corrected chi connectivity index (χ1v) is 7.28. The molecule has 110 valence electrons. The molecule has 0 aliphatic carbocycles. The lowest BCUT2D eigenvalue weighted by molar-refractivity contribution is 0.0594. The maximum Gasteiger partial charge on any atom is 0.356 e. The molecule has 20 heavy (non-hydrogen) atoms. The van der Waals surface area contributed by atoms with Crippen LogP contribution in [0.15, 0.2) is 12.1 Å². The number of pyridine rings is 1. The van der Waals surface area contributed by atoms with Crippen LogP contribution in [0.4, 0.5) is 11.5 Å². The molecule has 0 radical (unpaired) electrons. The van der Waals surface area contributed by atoms with Crippen molar-refractivity contribution in [3.05, 3.63) is 17.8 Å². The molecule has 1 unspecified atom stereocenters. The summed E-state index contributed by atoms with van der Waals surface area (Å²) in [6, 6.07) is 3.80. The van der Waals surface area contributed by atoms with Gasteiger partial charge in [-0.1, -0.05) is 19.8 Å². The standard InChI is InChI=1S/C15H23N3O2/c1-3-11-7-5-4-6-10-18(11)14-12(16)8-9-13(17-14)15(19)20-2/h8-9,11H,3-7,10,16H2,1-2H3. The van der Waals surface area contributed by atoms with E-state index in [1.54, 1.807) is 12.1 Å². The van der Waals surface area contributed by atoms with Crippen LogP contribution in [-0.2, 0) is 4.74 Å². The number of anilines is 2. The molecule has 5 nitrogen and oxygen atoms in total. The lowest BCUT2D eigenvalue weighted by Gasteiger charge is -2.31. The van der Waals surface area contributed by atoms with Crippen molar-refractivity contribution in [1.29, 1.82) is 0 Å². The Morgan fingerprint density at radius 1 is 1.45 bits per heavy atom. The Balaban J connectivity index is 2.35. The molecule has 0 spiro atoms. The van der Waals surface area contributed by atoms with E-state index < -0.39 is 5.97 Å². The van der Waals surface area contributed by atoms with Gasteiger partial charge in [-0.3, -0.25) is 0 Å². The topological polar surface area (TPSA) is 68.5 Å². The Morgan fingerprint density at radius 3 is 2.95 bits per heavy atom. The Morgan fingerprint density at radius 2 is 2.25 bits per heavy atom. The average Bonchev–Trinajstić information content (AvgIpc) is 2.72. The quantitative estimate of drug-likeness (QED) is 0.860. The van der Waals surface area contributed by atoms with Crippen molar-refractivity contribution in [3.63, 3.8) is 0 Å². The summed E-state index contributed by atoms with van der Waals surface area (Å²) < 4.78 is 4.74. The summed E-state index contributed by atoms with van der Waals surface area (Å²) in [5.74, 6) is 0.302. The van der Waals surface area contributed by atoms with Crippen molar-refractivity contribution in [1.82, 2.24) is 4.98 Å². The van der Waals surface area contributed by atoms with E-state index in [9.17, 15) is 4.79 Å². The third-order valence-electron chi connectivity index (χ3n) is 3.92. The summed E-state index contributed by atoms with van der Waals surface area (Å²) in [7, 11) is 1.36. The molecule has 5 heteroatoms. The number of methoxy groups -OCH3 is 1. The van der Waals surface area contributed by atoms with Gasteiger partial charge in [0.2, 0.25) is 0 Å². The zero-order chi connectivity index (χ0) is 14.5. The molecule has 2 rings (SSSR count). The van der Waals surface area contributed by atoms with Crippen LogP contribution in [0.3, 0.4) is 0 Å². The lowest BCUT2D eigenvalue weighted by Crippen LogP contribution is -2.36. The van der Waals surface area contributed by atoms with Crippen molar-refractivity contribution >= 4 is 17.5 Å². The molecule has 1 fully saturated rings. The van der Waals surface area contributed by atoms with Crippen LogP contribution in [0, 0.1) is 0 Å². The zero-order valence-corrected chi connectivity index (χ0v) is 12.3. The van der Waals surface area contributed by atoms with Crippen molar-refractivity contribution in [3.8, 4) is 0 Å². The second-order valence-electron chi connectivity index (χ2n) is 5.21. The molecule has 0 saturated carbocycles. The number of esters is 1. The highest BCUT2D eigenvalue weighted by Gasteiger charge is 2.23. The van der Waals surface area contributed by atoms with Crippen molar-refractivity contribution in [2.45, 2.75) is 45.1 Å². The van der Waals surface area contributed by atoms with Gasteiger partial charge in [-0.25, -0.2) is 9.78 Å². The molecule has 1 saturated heterocycles. The normalized spacial score (nSPS) is 19.5. The highest BCUT2D eigenvalue weighted by molar-refractivity contribution is 5.88. The predicted octanol–water partition coefficient (Wildman–Crippen LogP) is 2.61. The van der Waals surface area contributed by atoms with Crippen molar-refractivity contribution in [2.24, 2.45) is 0 Å².